The van der Waals surface area contributed by atoms with Gasteiger partial charge in [0.15, 0.2) is 0 Å². The van der Waals surface area contributed by atoms with Crippen molar-refractivity contribution in [1.29, 1.82) is 0 Å². The van der Waals surface area contributed by atoms with Crippen LogP contribution in [0, 0.1) is 5.92 Å². The Morgan fingerprint density at radius 1 is 0.967 bits per heavy atom. The fourth-order valence-corrected chi connectivity index (χ4v) is 4.64. The number of rotatable bonds is 5. The minimum atomic E-state index is -0.410. The zero-order chi connectivity index (χ0) is 20.9. The lowest BCUT2D eigenvalue weighted by Gasteiger charge is -2.30. The van der Waals surface area contributed by atoms with Gasteiger partial charge in [0.25, 0.3) is 5.91 Å². The second-order valence-electron chi connectivity index (χ2n) is 8.69. The summed E-state index contributed by atoms with van der Waals surface area (Å²) in [6.07, 6.45) is 4.15. The molecule has 2 saturated heterocycles. The Morgan fingerprint density at radius 2 is 1.70 bits per heavy atom. The monoisotopic (exact) mass is 405 g/mol. The van der Waals surface area contributed by atoms with E-state index >= 15 is 0 Å². The largest absolute Gasteiger partial charge is 0.327 e. The van der Waals surface area contributed by atoms with Gasteiger partial charge in [0.2, 0.25) is 5.91 Å². The fourth-order valence-electron chi connectivity index (χ4n) is 4.64. The van der Waals surface area contributed by atoms with Crippen LogP contribution in [-0.2, 0) is 11.3 Å². The van der Waals surface area contributed by atoms with Crippen LogP contribution in [0.15, 0.2) is 54.6 Å². The SMILES string of the molecule is CC1CCCN(Cc2ccc(NC(=O)C3CCCN3C(=O)c3ccccc3)cc2)C1. The van der Waals surface area contributed by atoms with Crippen molar-refractivity contribution in [2.75, 3.05) is 25.0 Å². The maximum atomic E-state index is 12.9. The van der Waals surface area contributed by atoms with Crippen molar-refractivity contribution in [2.45, 2.75) is 45.2 Å². The van der Waals surface area contributed by atoms with Crippen LogP contribution in [0.5, 0.6) is 0 Å². The van der Waals surface area contributed by atoms with Crippen molar-refractivity contribution in [2.24, 2.45) is 5.92 Å². The number of anilines is 1. The predicted octanol–water partition coefficient (Wildman–Crippen LogP) is 4.16. The number of piperidine rings is 1. The number of nitrogens with one attached hydrogen (secondary N) is 1. The molecule has 5 heteroatoms. The summed E-state index contributed by atoms with van der Waals surface area (Å²) >= 11 is 0. The second-order valence-corrected chi connectivity index (χ2v) is 8.69. The van der Waals surface area contributed by atoms with Crippen molar-refractivity contribution in [1.82, 2.24) is 9.80 Å². The Kier molecular flexibility index (Phi) is 6.48. The molecule has 4 rings (SSSR count). The van der Waals surface area contributed by atoms with Crippen LogP contribution in [0.2, 0.25) is 0 Å². The number of amides is 2. The molecule has 2 fully saturated rings. The van der Waals surface area contributed by atoms with Gasteiger partial charge in [-0.3, -0.25) is 14.5 Å². The van der Waals surface area contributed by atoms with Crippen LogP contribution >= 0.6 is 0 Å². The standard InChI is InChI=1S/C25H31N3O2/c1-19-7-5-15-27(17-19)18-20-11-13-22(14-12-20)26-24(29)23-10-6-16-28(23)25(30)21-8-3-2-4-9-21/h2-4,8-9,11-14,19,23H,5-7,10,15-18H2,1H3,(H,26,29). The Hall–Kier alpha value is -2.66. The molecule has 2 aliphatic heterocycles. The number of hydrogen-bond donors (Lipinski definition) is 1. The van der Waals surface area contributed by atoms with Gasteiger partial charge in [-0.15, -0.1) is 0 Å². The highest BCUT2D eigenvalue weighted by atomic mass is 16.2. The van der Waals surface area contributed by atoms with E-state index in [0.717, 1.165) is 37.7 Å². The predicted molar refractivity (Wildman–Crippen MR) is 119 cm³/mol. The van der Waals surface area contributed by atoms with Crippen LogP contribution in [0.4, 0.5) is 5.69 Å². The molecule has 2 heterocycles. The number of benzene rings is 2. The molecule has 2 atom stereocenters. The second kappa shape index (κ2) is 9.43. The molecule has 2 unspecified atom stereocenters. The normalized spacial score (nSPS) is 22.1. The number of hydrogen-bond acceptors (Lipinski definition) is 3. The average molecular weight is 406 g/mol. The van der Waals surface area contributed by atoms with E-state index in [4.69, 9.17) is 0 Å². The zero-order valence-electron chi connectivity index (χ0n) is 17.7. The summed E-state index contributed by atoms with van der Waals surface area (Å²) in [5.41, 5.74) is 2.69. The summed E-state index contributed by atoms with van der Waals surface area (Å²) in [7, 11) is 0. The van der Waals surface area contributed by atoms with Gasteiger partial charge in [-0.05, 0) is 68.0 Å². The lowest BCUT2D eigenvalue weighted by atomic mass is 10.00. The summed E-state index contributed by atoms with van der Waals surface area (Å²) in [6, 6.07) is 16.9. The lowest BCUT2D eigenvalue weighted by molar-refractivity contribution is -0.119. The Labute approximate surface area is 179 Å². The summed E-state index contributed by atoms with van der Waals surface area (Å²) in [5, 5.41) is 3.01. The molecule has 158 valence electrons. The zero-order valence-corrected chi connectivity index (χ0v) is 17.7. The number of carbonyl (C=O) groups is 2. The van der Waals surface area contributed by atoms with Crippen molar-refractivity contribution >= 4 is 17.5 Å². The molecule has 2 aromatic rings. The Balaban J connectivity index is 1.35. The van der Waals surface area contributed by atoms with E-state index in [1.165, 1.54) is 18.4 Å². The van der Waals surface area contributed by atoms with Gasteiger partial charge in [0.05, 0.1) is 0 Å². The number of likely N-dealkylation sites (tertiary alicyclic amines) is 2. The van der Waals surface area contributed by atoms with Crippen LogP contribution in [-0.4, -0.2) is 47.3 Å². The molecule has 0 saturated carbocycles. The first kappa shape index (κ1) is 20.6. The smallest absolute Gasteiger partial charge is 0.254 e. The summed E-state index contributed by atoms with van der Waals surface area (Å²) in [4.78, 5) is 29.9. The van der Waals surface area contributed by atoms with Gasteiger partial charge in [0, 0.05) is 30.9 Å². The van der Waals surface area contributed by atoms with Gasteiger partial charge >= 0.3 is 0 Å². The van der Waals surface area contributed by atoms with Crippen molar-refractivity contribution in [3.8, 4) is 0 Å². The van der Waals surface area contributed by atoms with Gasteiger partial charge in [-0.25, -0.2) is 0 Å². The lowest BCUT2D eigenvalue weighted by Crippen LogP contribution is -2.43. The first-order valence-electron chi connectivity index (χ1n) is 11.1. The molecule has 1 N–H and O–H groups in total. The Bertz CT molecular complexity index is 866. The van der Waals surface area contributed by atoms with Gasteiger partial charge in [-0.1, -0.05) is 37.3 Å². The summed E-state index contributed by atoms with van der Waals surface area (Å²) in [5.74, 6) is 0.596. The quantitative estimate of drug-likeness (QED) is 0.813. The van der Waals surface area contributed by atoms with Crippen LogP contribution in [0.25, 0.3) is 0 Å². The third-order valence-corrected chi connectivity index (χ3v) is 6.21. The highest BCUT2D eigenvalue weighted by molar-refractivity contribution is 6.01. The Morgan fingerprint density at radius 3 is 2.43 bits per heavy atom. The van der Waals surface area contributed by atoms with E-state index in [1.54, 1.807) is 17.0 Å². The minimum absolute atomic E-state index is 0.0700. The van der Waals surface area contributed by atoms with Crippen molar-refractivity contribution in [3.63, 3.8) is 0 Å². The van der Waals surface area contributed by atoms with Gasteiger partial charge in [-0.2, -0.15) is 0 Å². The van der Waals surface area contributed by atoms with E-state index in [9.17, 15) is 9.59 Å². The van der Waals surface area contributed by atoms with E-state index < -0.39 is 6.04 Å². The highest BCUT2D eigenvalue weighted by Gasteiger charge is 2.34. The highest BCUT2D eigenvalue weighted by Crippen LogP contribution is 2.23. The van der Waals surface area contributed by atoms with Crippen LogP contribution < -0.4 is 5.32 Å². The molecule has 2 aromatic carbocycles. The van der Waals surface area contributed by atoms with Crippen molar-refractivity contribution < 1.29 is 9.59 Å². The number of nitrogens with zero attached hydrogens (tertiary/aromatic N) is 2. The topological polar surface area (TPSA) is 52.7 Å². The molecule has 0 aliphatic carbocycles. The fraction of sp³-hybridized carbons (Fsp3) is 0.440. The number of carbonyl (C=O) groups excluding carboxylic acids is 2. The molecule has 0 radical (unpaired) electrons. The third kappa shape index (κ3) is 4.90. The van der Waals surface area contributed by atoms with Crippen LogP contribution in [0.1, 0.15) is 48.5 Å². The first-order chi connectivity index (χ1) is 14.6. The van der Waals surface area contributed by atoms with E-state index in [2.05, 4.69) is 29.3 Å². The van der Waals surface area contributed by atoms with E-state index in [-0.39, 0.29) is 11.8 Å². The van der Waals surface area contributed by atoms with Gasteiger partial charge < -0.3 is 10.2 Å². The molecule has 0 aromatic heterocycles. The van der Waals surface area contributed by atoms with E-state index in [0.29, 0.717) is 18.5 Å². The molecular weight excluding hydrogens is 374 g/mol. The molecule has 0 spiro atoms. The summed E-state index contributed by atoms with van der Waals surface area (Å²) in [6.45, 7) is 6.22. The maximum absolute atomic E-state index is 12.9. The van der Waals surface area contributed by atoms with Crippen molar-refractivity contribution in [3.05, 3.63) is 65.7 Å². The molecule has 0 bridgehead atoms. The maximum Gasteiger partial charge on any atom is 0.254 e. The minimum Gasteiger partial charge on any atom is -0.327 e. The van der Waals surface area contributed by atoms with Crippen LogP contribution in [0.3, 0.4) is 0 Å². The molecular formula is C25H31N3O2. The first-order valence-corrected chi connectivity index (χ1v) is 11.1. The van der Waals surface area contributed by atoms with Gasteiger partial charge in [0.1, 0.15) is 6.04 Å². The summed E-state index contributed by atoms with van der Waals surface area (Å²) < 4.78 is 0. The molecule has 30 heavy (non-hydrogen) atoms. The molecule has 5 nitrogen and oxygen atoms in total. The average Bonchev–Trinajstić information content (AvgIpc) is 3.25. The molecule has 2 aliphatic rings. The van der Waals surface area contributed by atoms with E-state index in [1.807, 2.05) is 30.3 Å². The third-order valence-electron chi connectivity index (χ3n) is 6.21. The molecule has 2 amide bonds.